The van der Waals surface area contributed by atoms with Crippen molar-refractivity contribution in [2.75, 3.05) is 43.1 Å². The monoisotopic (exact) mass is 363 g/mol. The molecule has 1 aromatic heterocycles. The van der Waals surface area contributed by atoms with Crippen LogP contribution in [0.1, 0.15) is 11.1 Å². The van der Waals surface area contributed by atoms with Crippen LogP contribution in [0.25, 0.3) is 0 Å². The summed E-state index contributed by atoms with van der Waals surface area (Å²) in [6, 6.07) is 7.25. The van der Waals surface area contributed by atoms with E-state index in [0.717, 1.165) is 6.07 Å². The van der Waals surface area contributed by atoms with Gasteiger partial charge in [0.1, 0.15) is 18.2 Å². The second kappa shape index (κ2) is 7.07. The molecule has 0 bridgehead atoms. The Bertz CT molecular complexity index is 826. The molecule has 0 atom stereocenters. The third-order valence-corrected chi connectivity index (χ3v) is 4.24. The van der Waals surface area contributed by atoms with Crippen molar-refractivity contribution in [2.45, 2.75) is 6.18 Å². The number of benzene rings is 1. The first-order chi connectivity index (χ1) is 12.4. The third kappa shape index (κ3) is 3.49. The average Bonchev–Trinajstić information content (AvgIpc) is 2.66. The maximum atomic E-state index is 13.1. The first-order valence-corrected chi connectivity index (χ1v) is 7.90. The van der Waals surface area contributed by atoms with Crippen molar-refractivity contribution < 1.29 is 17.9 Å². The Balaban J connectivity index is 1.79. The summed E-state index contributed by atoms with van der Waals surface area (Å²) >= 11 is 0. The van der Waals surface area contributed by atoms with Gasteiger partial charge in [0.2, 0.25) is 5.88 Å². The number of alkyl halides is 3. The molecular weight excluding hydrogens is 347 g/mol. The topological polar surface area (TPSA) is 65.3 Å². The fourth-order valence-electron chi connectivity index (χ4n) is 2.95. The molecule has 1 aliphatic rings. The molecule has 136 valence electrons. The van der Waals surface area contributed by atoms with Gasteiger partial charge in [0, 0.05) is 32.2 Å². The lowest BCUT2D eigenvalue weighted by molar-refractivity contribution is -0.137. The van der Waals surface area contributed by atoms with Crippen molar-refractivity contribution in [2.24, 2.45) is 0 Å². The Labute approximate surface area is 148 Å². The van der Waals surface area contributed by atoms with E-state index in [1.54, 1.807) is 23.1 Å². The van der Waals surface area contributed by atoms with E-state index in [-0.39, 0.29) is 5.56 Å². The molecule has 1 saturated heterocycles. The average molecular weight is 363 g/mol. The second-order valence-electron chi connectivity index (χ2n) is 5.70. The van der Waals surface area contributed by atoms with Crippen LogP contribution in [0.4, 0.5) is 24.7 Å². The minimum absolute atomic E-state index is 0.308. The van der Waals surface area contributed by atoms with Crippen LogP contribution >= 0.6 is 0 Å². The number of halogens is 3. The summed E-state index contributed by atoms with van der Waals surface area (Å²) in [6.45, 7) is 2.06. The van der Waals surface area contributed by atoms with Crippen LogP contribution in [0, 0.1) is 11.3 Å². The number of methoxy groups -OCH3 is 1. The standard InChI is InChI=1S/C17H16F3N5O/c1-26-16-9-15(22-11-23-16)25-7-5-24(6-8-25)14-4-2-3-13(12(14)10-21)17(18,19)20/h2-4,9,11H,5-8H2,1H3. The van der Waals surface area contributed by atoms with Crippen LogP contribution in [0.3, 0.4) is 0 Å². The van der Waals surface area contributed by atoms with Gasteiger partial charge in [-0.1, -0.05) is 6.07 Å². The summed E-state index contributed by atoms with van der Waals surface area (Å²) in [5, 5.41) is 9.26. The highest BCUT2D eigenvalue weighted by molar-refractivity contribution is 5.64. The molecule has 26 heavy (non-hydrogen) atoms. The molecule has 2 aromatic rings. The zero-order valence-corrected chi connectivity index (χ0v) is 14.0. The first kappa shape index (κ1) is 17.8. The van der Waals surface area contributed by atoms with Gasteiger partial charge in [-0.15, -0.1) is 0 Å². The lowest BCUT2D eigenvalue weighted by Crippen LogP contribution is -2.47. The molecule has 0 spiro atoms. The smallest absolute Gasteiger partial charge is 0.417 e. The normalized spacial score (nSPS) is 14.9. The highest BCUT2D eigenvalue weighted by atomic mass is 19.4. The molecule has 3 rings (SSSR count). The molecule has 2 heterocycles. The molecular formula is C17H16F3N5O. The molecule has 0 saturated carbocycles. The molecule has 0 aliphatic carbocycles. The van der Waals surface area contributed by atoms with Gasteiger partial charge in [0.25, 0.3) is 0 Å². The van der Waals surface area contributed by atoms with Gasteiger partial charge in [0.05, 0.1) is 23.9 Å². The minimum atomic E-state index is -4.56. The maximum Gasteiger partial charge on any atom is 0.417 e. The summed E-state index contributed by atoms with van der Waals surface area (Å²) in [5.74, 6) is 1.14. The van der Waals surface area contributed by atoms with Gasteiger partial charge in [-0.2, -0.15) is 18.4 Å². The molecule has 0 unspecified atom stereocenters. The number of rotatable bonds is 3. The predicted molar refractivity (Wildman–Crippen MR) is 89.2 cm³/mol. The molecule has 1 fully saturated rings. The van der Waals surface area contributed by atoms with Crippen molar-refractivity contribution in [3.63, 3.8) is 0 Å². The van der Waals surface area contributed by atoms with E-state index < -0.39 is 11.7 Å². The van der Waals surface area contributed by atoms with Gasteiger partial charge in [0.15, 0.2) is 0 Å². The van der Waals surface area contributed by atoms with Crippen molar-refractivity contribution in [3.8, 4) is 11.9 Å². The van der Waals surface area contributed by atoms with Gasteiger partial charge < -0.3 is 14.5 Å². The highest BCUT2D eigenvalue weighted by Crippen LogP contribution is 2.36. The van der Waals surface area contributed by atoms with Crippen LogP contribution in [-0.4, -0.2) is 43.3 Å². The van der Waals surface area contributed by atoms with Crippen molar-refractivity contribution in [1.29, 1.82) is 5.26 Å². The molecule has 1 aromatic carbocycles. The fraction of sp³-hybridized carbons (Fsp3) is 0.353. The lowest BCUT2D eigenvalue weighted by atomic mass is 10.0. The second-order valence-corrected chi connectivity index (χ2v) is 5.70. The number of hydrogen-bond acceptors (Lipinski definition) is 6. The van der Waals surface area contributed by atoms with E-state index in [1.165, 1.54) is 19.5 Å². The molecule has 0 N–H and O–H groups in total. The predicted octanol–water partition coefficient (Wildman–Crippen LogP) is 2.70. The summed E-state index contributed by atoms with van der Waals surface area (Å²) in [6.07, 6.45) is -3.15. The minimum Gasteiger partial charge on any atom is -0.481 e. The number of aromatic nitrogens is 2. The van der Waals surface area contributed by atoms with Gasteiger partial charge in [-0.25, -0.2) is 9.97 Å². The number of ether oxygens (including phenoxy) is 1. The molecule has 6 nitrogen and oxygen atoms in total. The van der Waals surface area contributed by atoms with E-state index in [2.05, 4.69) is 9.97 Å². The van der Waals surface area contributed by atoms with Crippen molar-refractivity contribution >= 4 is 11.5 Å². The van der Waals surface area contributed by atoms with Crippen LogP contribution in [0.2, 0.25) is 0 Å². The molecule has 0 amide bonds. The number of piperazine rings is 1. The van der Waals surface area contributed by atoms with E-state index in [4.69, 9.17) is 4.74 Å². The van der Waals surface area contributed by atoms with E-state index in [0.29, 0.717) is 43.6 Å². The third-order valence-electron chi connectivity index (χ3n) is 4.24. The number of nitriles is 1. The van der Waals surface area contributed by atoms with Crippen LogP contribution in [0.15, 0.2) is 30.6 Å². The summed E-state index contributed by atoms with van der Waals surface area (Å²) < 4.78 is 44.5. The Kier molecular flexibility index (Phi) is 4.84. The fourth-order valence-corrected chi connectivity index (χ4v) is 2.95. The van der Waals surface area contributed by atoms with Gasteiger partial charge >= 0.3 is 6.18 Å². The van der Waals surface area contributed by atoms with Crippen LogP contribution in [-0.2, 0) is 6.18 Å². The van der Waals surface area contributed by atoms with Crippen LogP contribution < -0.4 is 14.5 Å². The largest absolute Gasteiger partial charge is 0.481 e. The maximum absolute atomic E-state index is 13.1. The quantitative estimate of drug-likeness (QED) is 0.835. The number of anilines is 2. The van der Waals surface area contributed by atoms with Gasteiger partial charge in [-0.05, 0) is 12.1 Å². The lowest BCUT2D eigenvalue weighted by Gasteiger charge is -2.37. The summed E-state index contributed by atoms with van der Waals surface area (Å²) in [4.78, 5) is 12.0. The Hall–Kier alpha value is -3.02. The van der Waals surface area contributed by atoms with E-state index >= 15 is 0 Å². The highest BCUT2D eigenvalue weighted by Gasteiger charge is 2.35. The Morgan fingerprint density at radius 1 is 1.12 bits per heavy atom. The summed E-state index contributed by atoms with van der Waals surface area (Å²) in [5.41, 5.74) is -0.931. The SMILES string of the molecule is COc1cc(N2CCN(c3cccc(C(F)(F)F)c3C#N)CC2)ncn1. The molecule has 0 radical (unpaired) electrons. The van der Waals surface area contributed by atoms with Crippen molar-refractivity contribution in [1.82, 2.24) is 9.97 Å². The summed E-state index contributed by atoms with van der Waals surface area (Å²) in [7, 11) is 1.51. The number of nitrogens with zero attached hydrogens (tertiary/aromatic N) is 5. The Morgan fingerprint density at radius 2 is 1.81 bits per heavy atom. The first-order valence-electron chi connectivity index (χ1n) is 7.90. The van der Waals surface area contributed by atoms with E-state index in [9.17, 15) is 18.4 Å². The number of hydrogen-bond donors (Lipinski definition) is 0. The zero-order valence-electron chi connectivity index (χ0n) is 14.0. The van der Waals surface area contributed by atoms with Gasteiger partial charge in [-0.3, -0.25) is 0 Å². The van der Waals surface area contributed by atoms with E-state index in [1.807, 2.05) is 4.90 Å². The Morgan fingerprint density at radius 3 is 2.42 bits per heavy atom. The molecule has 9 heteroatoms. The molecule has 1 aliphatic heterocycles. The van der Waals surface area contributed by atoms with Crippen LogP contribution in [0.5, 0.6) is 5.88 Å². The van der Waals surface area contributed by atoms with Crippen molar-refractivity contribution in [3.05, 3.63) is 41.7 Å². The zero-order chi connectivity index (χ0) is 18.7.